The lowest BCUT2D eigenvalue weighted by atomic mass is 9.86. The van der Waals surface area contributed by atoms with E-state index in [1.54, 1.807) is 0 Å². The summed E-state index contributed by atoms with van der Waals surface area (Å²) in [6.07, 6.45) is 2.97. The first kappa shape index (κ1) is 16.5. The number of oxime groups is 1. The van der Waals surface area contributed by atoms with Crippen molar-refractivity contribution >= 4 is 5.84 Å². The van der Waals surface area contributed by atoms with Crippen LogP contribution in [0.25, 0.3) is 0 Å². The van der Waals surface area contributed by atoms with Crippen LogP contribution in [0.2, 0.25) is 0 Å². The summed E-state index contributed by atoms with van der Waals surface area (Å²) in [5.74, 6) is 0.299. The van der Waals surface area contributed by atoms with Gasteiger partial charge in [-0.3, -0.25) is 0 Å². The van der Waals surface area contributed by atoms with Crippen molar-refractivity contribution in [3.8, 4) is 0 Å². The van der Waals surface area contributed by atoms with Crippen molar-refractivity contribution in [3.05, 3.63) is 35.4 Å². The molecule has 20 heavy (non-hydrogen) atoms. The van der Waals surface area contributed by atoms with Crippen molar-refractivity contribution in [2.24, 2.45) is 16.3 Å². The van der Waals surface area contributed by atoms with Crippen molar-refractivity contribution in [2.45, 2.75) is 46.6 Å². The molecule has 1 aromatic rings. The molecule has 0 radical (unpaired) electrons. The highest BCUT2D eigenvalue weighted by atomic mass is 16.4. The van der Waals surface area contributed by atoms with Crippen LogP contribution in [0, 0.1) is 5.41 Å². The van der Waals surface area contributed by atoms with Crippen molar-refractivity contribution in [1.29, 1.82) is 0 Å². The van der Waals surface area contributed by atoms with Gasteiger partial charge in [-0.1, -0.05) is 50.2 Å². The number of hydrogen-bond acceptors (Lipinski definition) is 3. The van der Waals surface area contributed by atoms with Gasteiger partial charge in [-0.05, 0) is 36.9 Å². The summed E-state index contributed by atoms with van der Waals surface area (Å²) in [6, 6.07) is 8.70. The molecular formula is C16H27N3O. The zero-order valence-corrected chi connectivity index (χ0v) is 12.8. The van der Waals surface area contributed by atoms with Crippen molar-refractivity contribution in [1.82, 2.24) is 5.32 Å². The van der Waals surface area contributed by atoms with Gasteiger partial charge in [0.05, 0.1) is 0 Å². The lowest BCUT2D eigenvalue weighted by molar-refractivity contribution is 0.304. The number of nitrogens with two attached hydrogens (primary N) is 1. The predicted molar refractivity (Wildman–Crippen MR) is 84.0 cm³/mol. The van der Waals surface area contributed by atoms with E-state index in [0.29, 0.717) is 5.84 Å². The summed E-state index contributed by atoms with van der Waals surface area (Å²) >= 11 is 0. The second kappa shape index (κ2) is 7.90. The SMILES string of the molecule is CCc1ccc(CNCCCC(C)(C)/C(N)=N/O)cc1. The minimum Gasteiger partial charge on any atom is -0.409 e. The van der Waals surface area contributed by atoms with E-state index in [1.807, 2.05) is 13.8 Å². The van der Waals surface area contributed by atoms with Crippen LogP contribution in [0.15, 0.2) is 29.4 Å². The third-order valence-corrected chi connectivity index (χ3v) is 3.72. The second-order valence-electron chi connectivity index (χ2n) is 5.82. The highest BCUT2D eigenvalue weighted by Crippen LogP contribution is 2.21. The Hall–Kier alpha value is -1.55. The van der Waals surface area contributed by atoms with Crippen LogP contribution in [-0.4, -0.2) is 17.6 Å². The number of rotatable bonds is 8. The summed E-state index contributed by atoms with van der Waals surface area (Å²) in [6.45, 7) is 7.96. The van der Waals surface area contributed by atoms with Gasteiger partial charge in [0, 0.05) is 12.0 Å². The van der Waals surface area contributed by atoms with Gasteiger partial charge in [-0.2, -0.15) is 0 Å². The maximum absolute atomic E-state index is 8.71. The highest BCUT2D eigenvalue weighted by Gasteiger charge is 2.22. The first-order chi connectivity index (χ1) is 9.49. The number of nitrogens with one attached hydrogen (secondary N) is 1. The number of amidine groups is 1. The Bertz CT molecular complexity index is 424. The van der Waals surface area contributed by atoms with Crippen LogP contribution < -0.4 is 11.1 Å². The maximum atomic E-state index is 8.71. The third kappa shape index (κ3) is 5.21. The van der Waals surface area contributed by atoms with Gasteiger partial charge < -0.3 is 16.3 Å². The van der Waals surface area contributed by atoms with Gasteiger partial charge in [0.15, 0.2) is 0 Å². The number of aryl methyl sites for hydroxylation is 1. The molecule has 0 spiro atoms. The summed E-state index contributed by atoms with van der Waals surface area (Å²) in [7, 11) is 0. The van der Waals surface area contributed by atoms with Crippen LogP contribution in [0.3, 0.4) is 0 Å². The lowest BCUT2D eigenvalue weighted by Crippen LogP contribution is -2.32. The van der Waals surface area contributed by atoms with Gasteiger partial charge >= 0.3 is 0 Å². The Kier molecular flexibility index (Phi) is 6.52. The first-order valence-electron chi connectivity index (χ1n) is 7.26. The average molecular weight is 277 g/mol. The van der Waals surface area contributed by atoms with Gasteiger partial charge in [-0.15, -0.1) is 0 Å². The monoisotopic (exact) mass is 277 g/mol. The van der Waals surface area contributed by atoms with Crippen molar-refractivity contribution < 1.29 is 5.21 Å². The second-order valence-corrected chi connectivity index (χ2v) is 5.82. The van der Waals surface area contributed by atoms with Crippen LogP contribution in [0.4, 0.5) is 0 Å². The van der Waals surface area contributed by atoms with E-state index in [-0.39, 0.29) is 5.41 Å². The molecule has 0 aromatic heterocycles. The van der Waals surface area contributed by atoms with Crippen LogP contribution >= 0.6 is 0 Å². The van der Waals surface area contributed by atoms with Gasteiger partial charge in [0.1, 0.15) is 5.84 Å². The molecule has 1 rings (SSSR count). The normalized spacial score (nSPS) is 12.7. The van der Waals surface area contributed by atoms with Crippen molar-refractivity contribution in [3.63, 3.8) is 0 Å². The molecule has 0 unspecified atom stereocenters. The standard InChI is InChI=1S/C16H27N3O/c1-4-13-6-8-14(9-7-13)12-18-11-5-10-16(2,3)15(17)19-20/h6-9,18,20H,4-5,10-12H2,1-3H3,(H2,17,19). The summed E-state index contributed by atoms with van der Waals surface area (Å²) in [5.41, 5.74) is 8.09. The summed E-state index contributed by atoms with van der Waals surface area (Å²) < 4.78 is 0. The molecule has 4 N–H and O–H groups in total. The van der Waals surface area contributed by atoms with E-state index in [0.717, 1.165) is 32.4 Å². The number of nitrogens with zero attached hydrogens (tertiary/aromatic N) is 1. The molecule has 0 fully saturated rings. The molecule has 0 aliphatic carbocycles. The molecule has 0 heterocycles. The zero-order valence-electron chi connectivity index (χ0n) is 12.8. The Morgan fingerprint density at radius 2 is 1.85 bits per heavy atom. The molecule has 1 aromatic carbocycles. The molecular weight excluding hydrogens is 250 g/mol. The topological polar surface area (TPSA) is 70.6 Å². The van der Waals surface area contributed by atoms with Gasteiger partial charge in [-0.25, -0.2) is 0 Å². The maximum Gasteiger partial charge on any atom is 0.144 e. The highest BCUT2D eigenvalue weighted by molar-refractivity contribution is 5.85. The molecule has 112 valence electrons. The largest absolute Gasteiger partial charge is 0.409 e. The zero-order chi connectivity index (χ0) is 15.0. The summed E-state index contributed by atoms with van der Waals surface area (Å²) in [4.78, 5) is 0. The quantitative estimate of drug-likeness (QED) is 0.225. The van der Waals surface area contributed by atoms with E-state index in [1.165, 1.54) is 11.1 Å². The Labute approximate surface area is 122 Å². The number of benzene rings is 1. The molecule has 0 saturated carbocycles. The van der Waals surface area contributed by atoms with Gasteiger partial charge in [0.25, 0.3) is 0 Å². The van der Waals surface area contributed by atoms with Gasteiger partial charge in [0.2, 0.25) is 0 Å². The Morgan fingerprint density at radius 1 is 1.25 bits per heavy atom. The van der Waals surface area contributed by atoms with Crippen LogP contribution in [-0.2, 0) is 13.0 Å². The molecule has 4 nitrogen and oxygen atoms in total. The molecule has 0 saturated heterocycles. The number of hydrogen-bond donors (Lipinski definition) is 3. The smallest absolute Gasteiger partial charge is 0.144 e. The van der Waals surface area contributed by atoms with E-state index in [4.69, 9.17) is 10.9 Å². The summed E-state index contributed by atoms with van der Waals surface area (Å²) in [5, 5.41) is 15.2. The predicted octanol–water partition coefficient (Wildman–Crippen LogP) is 2.89. The van der Waals surface area contributed by atoms with Crippen LogP contribution in [0.5, 0.6) is 0 Å². The van der Waals surface area contributed by atoms with Crippen molar-refractivity contribution in [2.75, 3.05) is 6.54 Å². The molecule has 4 heteroatoms. The van der Waals surface area contributed by atoms with E-state index in [9.17, 15) is 0 Å². The molecule has 0 aliphatic rings. The minimum absolute atomic E-state index is 0.251. The molecule has 0 bridgehead atoms. The Morgan fingerprint density at radius 3 is 2.40 bits per heavy atom. The van der Waals surface area contributed by atoms with E-state index >= 15 is 0 Å². The van der Waals surface area contributed by atoms with E-state index in [2.05, 4.69) is 41.7 Å². The molecule has 0 aliphatic heterocycles. The molecule has 0 atom stereocenters. The fraction of sp³-hybridized carbons (Fsp3) is 0.562. The average Bonchev–Trinajstić information content (AvgIpc) is 2.46. The Balaban J connectivity index is 2.25. The van der Waals surface area contributed by atoms with E-state index < -0.39 is 0 Å². The van der Waals surface area contributed by atoms with Crippen LogP contribution in [0.1, 0.15) is 44.7 Å². The fourth-order valence-corrected chi connectivity index (χ4v) is 2.04. The fourth-order valence-electron chi connectivity index (χ4n) is 2.04. The molecule has 0 amide bonds. The first-order valence-corrected chi connectivity index (χ1v) is 7.26. The minimum atomic E-state index is -0.251. The third-order valence-electron chi connectivity index (χ3n) is 3.72. The lowest BCUT2D eigenvalue weighted by Gasteiger charge is -2.22.